The van der Waals surface area contributed by atoms with E-state index in [1.165, 1.54) is 5.56 Å². The fourth-order valence-electron chi connectivity index (χ4n) is 3.10. The number of nitrogens with one attached hydrogen (secondary N) is 1. The Kier molecular flexibility index (Phi) is 7.26. The van der Waals surface area contributed by atoms with Crippen molar-refractivity contribution in [3.63, 3.8) is 0 Å². The molecule has 144 valence electrons. The quantitative estimate of drug-likeness (QED) is 0.491. The minimum Gasteiger partial charge on any atom is -0.483 e. The molecule has 1 amide bonds. The maximum absolute atomic E-state index is 12.6. The van der Waals surface area contributed by atoms with Crippen molar-refractivity contribution in [1.29, 1.82) is 0 Å². The topological polar surface area (TPSA) is 38.3 Å². The lowest BCUT2D eigenvalue weighted by Crippen LogP contribution is -2.33. The summed E-state index contributed by atoms with van der Waals surface area (Å²) < 4.78 is 6.61. The van der Waals surface area contributed by atoms with Crippen LogP contribution in [0, 0.1) is 0 Å². The number of ether oxygens (including phenoxy) is 1. The monoisotopic (exact) mass is 437 g/mol. The third kappa shape index (κ3) is 5.46. The van der Waals surface area contributed by atoms with E-state index in [4.69, 9.17) is 4.74 Å². The normalized spacial score (nSPS) is 10.7. The molecule has 3 aromatic rings. The van der Waals surface area contributed by atoms with Crippen LogP contribution in [0.1, 0.15) is 36.1 Å². The van der Waals surface area contributed by atoms with Gasteiger partial charge in [0.05, 0.1) is 10.5 Å². The third-order valence-electron chi connectivity index (χ3n) is 4.46. The van der Waals surface area contributed by atoms with Crippen molar-refractivity contribution in [2.75, 3.05) is 6.61 Å². The van der Waals surface area contributed by atoms with Gasteiger partial charge in [0.1, 0.15) is 5.75 Å². The van der Waals surface area contributed by atoms with Gasteiger partial charge in [-0.1, -0.05) is 80.1 Å². The summed E-state index contributed by atoms with van der Waals surface area (Å²) in [5, 5.41) is 3.09. The van der Waals surface area contributed by atoms with Crippen LogP contribution in [0.2, 0.25) is 0 Å². The molecule has 0 saturated carbocycles. The summed E-state index contributed by atoms with van der Waals surface area (Å²) in [5.74, 6) is 0.508. The highest BCUT2D eigenvalue weighted by Gasteiger charge is 2.17. The van der Waals surface area contributed by atoms with Crippen LogP contribution in [0.5, 0.6) is 5.75 Å². The number of halogens is 1. The first kappa shape index (κ1) is 20.2. The van der Waals surface area contributed by atoms with Gasteiger partial charge < -0.3 is 10.1 Å². The maximum Gasteiger partial charge on any atom is 0.258 e. The Balaban J connectivity index is 1.68. The molecule has 3 rings (SSSR count). The van der Waals surface area contributed by atoms with Crippen LogP contribution in [-0.2, 0) is 11.2 Å². The number of rotatable bonds is 8. The fourth-order valence-corrected chi connectivity index (χ4v) is 3.64. The van der Waals surface area contributed by atoms with E-state index >= 15 is 0 Å². The van der Waals surface area contributed by atoms with Crippen molar-refractivity contribution in [3.05, 3.63) is 100 Å². The predicted molar refractivity (Wildman–Crippen MR) is 117 cm³/mol. The van der Waals surface area contributed by atoms with Gasteiger partial charge in [0, 0.05) is 0 Å². The van der Waals surface area contributed by atoms with E-state index in [0.29, 0.717) is 5.75 Å². The van der Waals surface area contributed by atoms with Crippen LogP contribution in [-0.4, -0.2) is 12.5 Å². The van der Waals surface area contributed by atoms with E-state index in [1.54, 1.807) is 0 Å². The summed E-state index contributed by atoms with van der Waals surface area (Å²) >= 11 is 3.53. The number of aryl methyl sites for hydroxylation is 1. The zero-order chi connectivity index (χ0) is 19.8. The van der Waals surface area contributed by atoms with Crippen molar-refractivity contribution in [2.24, 2.45) is 0 Å². The second kappa shape index (κ2) is 10.1. The summed E-state index contributed by atoms with van der Waals surface area (Å²) in [6, 6.07) is 25.7. The molecule has 3 nitrogen and oxygen atoms in total. The lowest BCUT2D eigenvalue weighted by atomic mass is 9.99. The predicted octanol–water partition coefficient (Wildman–Crippen LogP) is 5.69. The number of carbonyl (C=O) groups is 1. The highest BCUT2D eigenvalue weighted by Crippen LogP contribution is 2.27. The molecule has 0 aromatic heterocycles. The van der Waals surface area contributed by atoms with Gasteiger partial charge in [-0.05, 0) is 51.2 Å². The first-order valence-corrected chi connectivity index (χ1v) is 10.3. The minimum absolute atomic E-state index is 0.0398. The average Bonchev–Trinajstić information content (AvgIpc) is 2.73. The van der Waals surface area contributed by atoms with Crippen molar-refractivity contribution in [3.8, 4) is 5.75 Å². The van der Waals surface area contributed by atoms with Crippen molar-refractivity contribution in [1.82, 2.24) is 5.32 Å². The first-order valence-electron chi connectivity index (χ1n) is 9.48. The molecular weight excluding hydrogens is 414 g/mol. The zero-order valence-corrected chi connectivity index (χ0v) is 17.5. The van der Waals surface area contributed by atoms with Crippen LogP contribution < -0.4 is 10.1 Å². The molecule has 0 bridgehead atoms. The largest absolute Gasteiger partial charge is 0.483 e. The lowest BCUT2D eigenvalue weighted by molar-refractivity contribution is -0.123. The molecule has 0 aliphatic rings. The van der Waals surface area contributed by atoms with Gasteiger partial charge in [0.2, 0.25) is 0 Å². The number of carbonyl (C=O) groups excluding carboxylic acids is 1. The molecule has 0 fully saturated rings. The van der Waals surface area contributed by atoms with E-state index in [-0.39, 0.29) is 18.6 Å². The number of hydrogen-bond donors (Lipinski definition) is 1. The van der Waals surface area contributed by atoms with Crippen molar-refractivity contribution < 1.29 is 9.53 Å². The van der Waals surface area contributed by atoms with Gasteiger partial charge in [-0.25, -0.2) is 0 Å². The number of benzene rings is 3. The Morgan fingerprint density at radius 2 is 1.57 bits per heavy atom. The summed E-state index contributed by atoms with van der Waals surface area (Å²) in [6.07, 6.45) is 2.12. The maximum atomic E-state index is 12.6. The van der Waals surface area contributed by atoms with E-state index < -0.39 is 0 Å². The molecule has 0 atom stereocenters. The molecule has 0 heterocycles. The summed E-state index contributed by atoms with van der Waals surface area (Å²) in [7, 11) is 0. The van der Waals surface area contributed by atoms with E-state index in [2.05, 4.69) is 28.2 Å². The smallest absolute Gasteiger partial charge is 0.258 e. The summed E-state index contributed by atoms with van der Waals surface area (Å²) in [5.41, 5.74) is 3.32. The fraction of sp³-hybridized carbons (Fsp3) is 0.208. The molecule has 0 saturated heterocycles. The highest BCUT2D eigenvalue weighted by atomic mass is 79.9. The van der Waals surface area contributed by atoms with Crippen molar-refractivity contribution >= 4 is 21.8 Å². The van der Waals surface area contributed by atoms with Gasteiger partial charge >= 0.3 is 0 Å². The molecule has 4 heteroatoms. The Morgan fingerprint density at radius 1 is 0.964 bits per heavy atom. The molecule has 0 unspecified atom stereocenters. The van der Waals surface area contributed by atoms with Crippen molar-refractivity contribution in [2.45, 2.75) is 25.8 Å². The summed E-state index contributed by atoms with van der Waals surface area (Å²) in [6.45, 7) is 2.11. The van der Waals surface area contributed by atoms with Crippen LogP contribution in [0.25, 0.3) is 0 Å². The molecule has 0 spiro atoms. The lowest BCUT2D eigenvalue weighted by Gasteiger charge is -2.20. The standard InChI is InChI=1S/C24H24BrNO2/c1-2-9-18-14-15-22(21(25)16-18)28-17-23(27)26-24(19-10-5-3-6-11-19)20-12-7-4-8-13-20/h3-8,10-16,24H,2,9,17H2,1H3,(H,26,27). The van der Waals surface area contributed by atoms with Gasteiger partial charge in [-0.3, -0.25) is 4.79 Å². The molecule has 1 N–H and O–H groups in total. The van der Waals surface area contributed by atoms with E-state index in [9.17, 15) is 4.79 Å². The van der Waals surface area contributed by atoms with E-state index in [1.807, 2.05) is 78.9 Å². The third-order valence-corrected chi connectivity index (χ3v) is 5.08. The second-order valence-electron chi connectivity index (χ2n) is 6.63. The van der Waals surface area contributed by atoms with Crippen LogP contribution in [0.4, 0.5) is 0 Å². The molecule has 28 heavy (non-hydrogen) atoms. The molecule has 3 aromatic carbocycles. The Hall–Kier alpha value is -2.59. The zero-order valence-electron chi connectivity index (χ0n) is 15.9. The van der Waals surface area contributed by atoms with Gasteiger partial charge in [0.15, 0.2) is 6.61 Å². The highest BCUT2D eigenvalue weighted by molar-refractivity contribution is 9.10. The Bertz CT molecular complexity index is 857. The van der Waals surface area contributed by atoms with E-state index in [0.717, 1.165) is 28.4 Å². The molecule has 0 aliphatic carbocycles. The first-order chi connectivity index (χ1) is 13.7. The molecule has 0 aliphatic heterocycles. The molecular formula is C24H24BrNO2. The second-order valence-corrected chi connectivity index (χ2v) is 7.48. The van der Waals surface area contributed by atoms with Crippen LogP contribution in [0.3, 0.4) is 0 Å². The molecule has 0 radical (unpaired) electrons. The van der Waals surface area contributed by atoms with Crippen LogP contribution in [0.15, 0.2) is 83.3 Å². The minimum atomic E-state index is -0.214. The Labute approximate surface area is 174 Å². The number of hydrogen-bond acceptors (Lipinski definition) is 2. The van der Waals surface area contributed by atoms with Crippen LogP contribution >= 0.6 is 15.9 Å². The van der Waals surface area contributed by atoms with Gasteiger partial charge in [0.25, 0.3) is 5.91 Å². The van der Waals surface area contributed by atoms with Gasteiger partial charge in [-0.2, -0.15) is 0 Å². The average molecular weight is 438 g/mol. The Morgan fingerprint density at radius 3 is 2.11 bits per heavy atom. The summed E-state index contributed by atoms with van der Waals surface area (Å²) in [4.78, 5) is 12.6. The van der Waals surface area contributed by atoms with Gasteiger partial charge in [-0.15, -0.1) is 0 Å². The number of amides is 1. The SMILES string of the molecule is CCCc1ccc(OCC(=O)NC(c2ccccc2)c2ccccc2)c(Br)c1.